The molecular formula is C17H23N5O5. The Labute approximate surface area is 155 Å². The maximum Gasteiger partial charge on any atom is 0.209 e. The average Bonchev–Trinajstić information content (AvgIpc) is 3.20. The number of imidazole rings is 1. The molecule has 1 aliphatic heterocycles. The molecule has 5 atom stereocenters. The van der Waals surface area contributed by atoms with Gasteiger partial charge in [-0.1, -0.05) is 25.7 Å². The van der Waals surface area contributed by atoms with Gasteiger partial charge in [0.05, 0.1) is 12.9 Å². The number of nitrogens with zero attached hydrogens (tertiary/aromatic N) is 4. The molecule has 3 heterocycles. The van der Waals surface area contributed by atoms with Crippen LogP contribution in [-0.2, 0) is 4.74 Å². The molecule has 3 rings (SSSR count). The smallest absolute Gasteiger partial charge is 0.209 e. The Morgan fingerprint density at radius 1 is 1.33 bits per heavy atom. The molecule has 2 aromatic heterocycles. The first-order valence-corrected chi connectivity index (χ1v) is 8.78. The lowest BCUT2D eigenvalue weighted by atomic mass is 10.1. The van der Waals surface area contributed by atoms with E-state index in [2.05, 4.69) is 26.8 Å². The zero-order valence-corrected chi connectivity index (χ0v) is 14.9. The fourth-order valence-corrected chi connectivity index (χ4v) is 2.91. The number of nitrogens with two attached hydrogens (primary N) is 1. The summed E-state index contributed by atoms with van der Waals surface area (Å²) in [5.74, 6) is 5.57. The van der Waals surface area contributed by atoms with Gasteiger partial charge in [0.2, 0.25) is 5.82 Å². The number of fused-ring (bicyclic) bond motifs is 1. The van der Waals surface area contributed by atoms with Crippen molar-refractivity contribution in [2.45, 2.75) is 56.8 Å². The van der Waals surface area contributed by atoms with Gasteiger partial charge in [0.15, 0.2) is 17.7 Å². The van der Waals surface area contributed by atoms with E-state index in [4.69, 9.17) is 10.5 Å². The molecule has 10 heteroatoms. The van der Waals surface area contributed by atoms with Crippen LogP contribution < -0.4 is 5.73 Å². The van der Waals surface area contributed by atoms with Crippen molar-refractivity contribution in [2.24, 2.45) is 0 Å². The molecule has 0 amide bonds. The Morgan fingerprint density at radius 3 is 2.78 bits per heavy atom. The van der Waals surface area contributed by atoms with E-state index in [1.807, 2.05) is 6.92 Å². The summed E-state index contributed by atoms with van der Waals surface area (Å²) in [5.41, 5.74) is 6.49. The summed E-state index contributed by atoms with van der Waals surface area (Å²) in [4.78, 5) is 12.5. The molecule has 0 spiro atoms. The number of aromatic nitrogens is 4. The zero-order chi connectivity index (χ0) is 19.6. The minimum Gasteiger partial charge on any atom is -0.394 e. The third-order valence-electron chi connectivity index (χ3n) is 4.42. The van der Waals surface area contributed by atoms with E-state index in [0.29, 0.717) is 11.9 Å². The van der Waals surface area contributed by atoms with E-state index in [1.165, 1.54) is 10.9 Å². The monoisotopic (exact) mass is 377 g/mol. The van der Waals surface area contributed by atoms with Crippen LogP contribution in [0.2, 0.25) is 0 Å². The summed E-state index contributed by atoms with van der Waals surface area (Å²) >= 11 is 0. The Bertz CT molecular complexity index is 860. The topological polar surface area (TPSA) is 160 Å². The van der Waals surface area contributed by atoms with E-state index in [9.17, 15) is 20.4 Å². The molecule has 0 aromatic carbocycles. The predicted octanol–water partition coefficient (Wildman–Crippen LogP) is -1.08. The number of nitrogen functional groups attached to an aromatic ring is 1. The number of hydrogen-bond donors (Lipinski definition) is 5. The van der Waals surface area contributed by atoms with Crippen molar-refractivity contribution in [3.63, 3.8) is 0 Å². The third kappa shape index (κ3) is 3.87. The van der Waals surface area contributed by atoms with Crippen molar-refractivity contribution in [3.05, 3.63) is 12.2 Å². The van der Waals surface area contributed by atoms with E-state index in [1.54, 1.807) is 0 Å². The Morgan fingerprint density at radius 2 is 2.11 bits per heavy atom. The maximum absolute atomic E-state index is 10.2. The van der Waals surface area contributed by atoms with Crippen LogP contribution in [0.3, 0.4) is 0 Å². The number of anilines is 1. The summed E-state index contributed by atoms with van der Waals surface area (Å²) < 4.78 is 6.92. The maximum atomic E-state index is 10.2. The molecular weight excluding hydrogens is 354 g/mol. The first-order valence-electron chi connectivity index (χ1n) is 8.78. The van der Waals surface area contributed by atoms with Crippen molar-refractivity contribution in [1.82, 2.24) is 19.5 Å². The second-order valence-electron chi connectivity index (χ2n) is 6.41. The molecule has 6 N–H and O–H groups in total. The molecule has 1 saturated heterocycles. The van der Waals surface area contributed by atoms with E-state index in [-0.39, 0.29) is 17.3 Å². The lowest BCUT2D eigenvalue weighted by Crippen LogP contribution is -2.33. The van der Waals surface area contributed by atoms with Crippen LogP contribution in [-0.4, -0.2) is 71.0 Å². The molecule has 0 bridgehead atoms. The highest BCUT2D eigenvalue weighted by atomic mass is 16.6. The fraction of sp³-hybridized carbons (Fsp3) is 0.588. The molecule has 1 fully saturated rings. The SMILES string of the molecule is CCCCC(O)C#Cc1nc(N)c2ncn([C@@H]3O[C@H](CO)[C@@H](O)[C@H]3O)c2n1. The molecule has 0 aliphatic carbocycles. The Hall–Kier alpha value is -2.29. The lowest BCUT2D eigenvalue weighted by Gasteiger charge is -2.16. The summed E-state index contributed by atoms with van der Waals surface area (Å²) in [6.07, 6.45) is -1.48. The van der Waals surface area contributed by atoms with Gasteiger partial charge in [-0.25, -0.2) is 15.0 Å². The van der Waals surface area contributed by atoms with Gasteiger partial charge < -0.3 is 30.9 Å². The van der Waals surface area contributed by atoms with Crippen molar-refractivity contribution < 1.29 is 25.2 Å². The molecule has 0 saturated carbocycles. The van der Waals surface area contributed by atoms with Gasteiger partial charge in [-0.05, 0) is 12.3 Å². The summed E-state index contributed by atoms with van der Waals surface area (Å²) in [6, 6.07) is 0. The predicted molar refractivity (Wildman–Crippen MR) is 95.2 cm³/mol. The highest BCUT2D eigenvalue weighted by Crippen LogP contribution is 2.31. The van der Waals surface area contributed by atoms with Gasteiger partial charge in [0, 0.05) is 0 Å². The quantitative estimate of drug-likeness (QED) is 0.408. The van der Waals surface area contributed by atoms with Gasteiger partial charge in [0.1, 0.15) is 29.9 Å². The molecule has 1 unspecified atom stereocenters. The van der Waals surface area contributed by atoms with Gasteiger partial charge in [-0.15, -0.1) is 0 Å². The van der Waals surface area contributed by atoms with Crippen LogP contribution in [0.25, 0.3) is 11.2 Å². The summed E-state index contributed by atoms with van der Waals surface area (Å²) in [7, 11) is 0. The van der Waals surface area contributed by atoms with Gasteiger partial charge >= 0.3 is 0 Å². The van der Waals surface area contributed by atoms with Crippen LogP contribution in [0, 0.1) is 11.8 Å². The second-order valence-corrected chi connectivity index (χ2v) is 6.41. The van der Waals surface area contributed by atoms with Crippen LogP contribution in [0.15, 0.2) is 6.33 Å². The number of hydrogen-bond acceptors (Lipinski definition) is 9. The molecule has 10 nitrogen and oxygen atoms in total. The number of rotatable bonds is 5. The lowest BCUT2D eigenvalue weighted by molar-refractivity contribution is -0.0511. The minimum absolute atomic E-state index is 0.0952. The Kier molecular flexibility index (Phi) is 5.88. The van der Waals surface area contributed by atoms with Crippen LogP contribution in [0.4, 0.5) is 5.82 Å². The zero-order valence-electron chi connectivity index (χ0n) is 14.9. The van der Waals surface area contributed by atoms with Crippen molar-refractivity contribution in [1.29, 1.82) is 0 Å². The van der Waals surface area contributed by atoms with Gasteiger partial charge in [0.25, 0.3) is 0 Å². The molecule has 0 radical (unpaired) electrons. The van der Waals surface area contributed by atoms with Gasteiger partial charge in [-0.2, -0.15) is 0 Å². The standard InChI is InChI=1S/C17H23N5O5/c1-2-3-4-9(24)5-6-11-20-15(18)12-16(21-11)22(8-19-12)17-14(26)13(25)10(7-23)27-17/h8-10,13-14,17,23-26H,2-4,7H2,1H3,(H2,18,20,21)/t9?,10-,13-,14-,17-/m1/s1. The average molecular weight is 377 g/mol. The number of ether oxygens (including phenoxy) is 1. The molecule has 27 heavy (non-hydrogen) atoms. The van der Waals surface area contributed by atoms with Crippen LogP contribution >= 0.6 is 0 Å². The normalized spacial score (nSPS) is 26.1. The first-order chi connectivity index (χ1) is 13.0. The highest BCUT2D eigenvalue weighted by Gasteiger charge is 2.44. The van der Waals surface area contributed by atoms with Crippen molar-refractivity contribution in [2.75, 3.05) is 12.3 Å². The Balaban J connectivity index is 1.93. The largest absolute Gasteiger partial charge is 0.394 e. The van der Waals surface area contributed by atoms with E-state index in [0.717, 1.165) is 12.8 Å². The van der Waals surface area contributed by atoms with Crippen molar-refractivity contribution >= 4 is 17.0 Å². The number of aliphatic hydroxyl groups is 4. The van der Waals surface area contributed by atoms with E-state index >= 15 is 0 Å². The van der Waals surface area contributed by atoms with Crippen LogP contribution in [0.1, 0.15) is 38.2 Å². The third-order valence-corrected chi connectivity index (χ3v) is 4.42. The summed E-state index contributed by atoms with van der Waals surface area (Å²) in [6.45, 7) is 1.59. The van der Waals surface area contributed by atoms with Gasteiger partial charge in [-0.3, -0.25) is 4.57 Å². The van der Waals surface area contributed by atoms with Crippen LogP contribution in [0.5, 0.6) is 0 Å². The molecule has 146 valence electrons. The number of unbranched alkanes of at least 4 members (excludes halogenated alkanes) is 1. The minimum atomic E-state index is -1.28. The molecule has 1 aliphatic rings. The molecule has 2 aromatic rings. The first kappa shape index (κ1) is 19.5. The van der Waals surface area contributed by atoms with Crippen molar-refractivity contribution in [3.8, 4) is 11.8 Å². The highest BCUT2D eigenvalue weighted by molar-refractivity contribution is 5.82. The number of aliphatic hydroxyl groups excluding tert-OH is 4. The second kappa shape index (κ2) is 8.16. The summed E-state index contributed by atoms with van der Waals surface area (Å²) in [5, 5.41) is 39.3. The van der Waals surface area contributed by atoms with E-state index < -0.39 is 37.3 Å². The fourth-order valence-electron chi connectivity index (χ4n) is 2.91.